The number of phosphoric acid groups is 1. The molecule has 0 saturated heterocycles. The van der Waals surface area contributed by atoms with Crippen molar-refractivity contribution < 1.29 is 63.1 Å². The molecule has 0 heterocycles. The normalized spacial score (nSPS) is 20.7. The van der Waals surface area contributed by atoms with Crippen LogP contribution in [0.5, 0.6) is 0 Å². The Balaban J connectivity index is 2.32. The van der Waals surface area contributed by atoms with E-state index in [1.807, 2.05) is 0 Å². The molecule has 6 atom stereocenters. The Morgan fingerprint density at radius 2 is 0.781 bits per heavy atom. The number of carbonyl (C=O) groups is 2. The number of aliphatic hydroxyl groups is 5. The number of aliphatic hydroxyl groups excluding tert-OH is 5. The van der Waals surface area contributed by atoms with Crippen LogP contribution < -0.4 is 0 Å². The summed E-state index contributed by atoms with van der Waals surface area (Å²) in [5, 5.41) is 50.4. The van der Waals surface area contributed by atoms with E-state index in [9.17, 15) is 44.6 Å². The summed E-state index contributed by atoms with van der Waals surface area (Å²) in [5.41, 5.74) is 0. The smallest absolute Gasteiger partial charge is 0.462 e. The summed E-state index contributed by atoms with van der Waals surface area (Å²) in [5.74, 6) is -1.09. The van der Waals surface area contributed by atoms with Crippen LogP contribution >= 0.6 is 7.82 Å². The molecule has 0 amide bonds. The van der Waals surface area contributed by atoms with Crippen LogP contribution in [0, 0.1) is 0 Å². The number of hydrogen-bond acceptors (Lipinski definition) is 12. The molecule has 13 nitrogen and oxygen atoms in total. The second-order valence-corrected chi connectivity index (χ2v) is 21.9. The molecule has 1 rings (SSSR count). The van der Waals surface area contributed by atoms with E-state index in [0.717, 1.165) is 77.0 Å². The highest BCUT2D eigenvalue weighted by molar-refractivity contribution is 7.47. The van der Waals surface area contributed by atoms with Crippen LogP contribution in [0.3, 0.4) is 0 Å². The Morgan fingerprint density at radius 3 is 1.19 bits per heavy atom. The molecular formula is C59H107O13P. The number of carbonyl (C=O) groups excluding carboxylic acids is 2. The summed E-state index contributed by atoms with van der Waals surface area (Å²) in [6, 6.07) is 0. The quantitative estimate of drug-likeness (QED) is 0.0145. The first-order chi connectivity index (χ1) is 35.4. The third kappa shape index (κ3) is 39.8. The van der Waals surface area contributed by atoms with Gasteiger partial charge in [-0.25, -0.2) is 4.57 Å². The van der Waals surface area contributed by atoms with E-state index in [2.05, 4.69) is 62.5 Å². The standard InChI is InChI=1S/C59H107O13P/c1-3-5-7-9-11-13-15-17-19-21-23-25-26-28-30-32-34-36-38-40-42-44-46-48-53(61)71-51(50-70-73(67,68)72-59-57(65)55(63)54(62)56(64)58(59)66)49-69-52(60)47-45-43-41-39-37-35-33-31-29-27-24-22-20-18-16-14-12-10-8-6-4-2/h5,7,11,13,17,19,23,25,51,54-59,62-66H,3-4,6,8-10,12,14-16,18,20-22,24,26-50H2,1-2H3,(H,67,68)/b7-5-,13-11-,19-17-,25-23-. The van der Waals surface area contributed by atoms with Gasteiger partial charge in [-0.3, -0.25) is 18.6 Å². The van der Waals surface area contributed by atoms with E-state index in [4.69, 9.17) is 18.5 Å². The van der Waals surface area contributed by atoms with Gasteiger partial charge in [0.25, 0.3) is 0 Å². The third-order valence-electron chi connectivity index (χ3n) is 13.7. The van der Waals surface area contributed by atoms with E-state index in [1.54, 1.807) is 0 Å². The molecule has 0 spiro atoms. The molecule has 6 N–H and O–H groups in total. The molecule has 14 heteroatoms. The maximum absolute atomic E-state index is 12.9. The van der Waals surface area contributed by atoms with Crippen LogP contribution in [0.2, 0.25) is 0 Å². The van der Waals surface area contributed by atoms with Crippen molar-refractivity contribution >= 4 is 19.8 Å². The summed E-state index contributed by atoms with van der Waals surface area (Å²) in [4.78, 5) is 36.0. The molecule has 1 aliphatic carbocycles. The van der Waals surface area contributed by atoms with Crippen molar-refractivity contribution in [3.63, 3.8) is 0 Å². The van der Waals surface area contributed by atoms with Gasteiger partial charge in [-0.15, -0.1) is 0 Å². The fraction of sp³-hybridized carbons (Fsp3) is 0.831. The zero-order valence-corrected chi connectivity index (χ0v) is 46.8. The predicted molar refractivity (Wildman–Crippen MR) is 295 cm³/mol. The molecule has 6 unspecified atom stereocenters. The van der Waals surface area contributed by atoms with Crippen molar-refractivity contribution in [1.29, 1.82) is 0 Å². The van der Waals surface area contributed by atoms with Gasteiger partial charge in [-0.1, -0.05) is 242 Å². The first-order valence-electron chi connectivity index (χ1n) is 29.4. The molecule has 1 aliphatic rings. The second kappa shape index (κ2) is 48.2. The SMILES string of the molecule is CC/C=C\C/C=C\C/C=C\C/C=C\CCCCCCCCCCCCC(=O)OC(COC(=O)CCCCCCCCCCCCCCCCCCCCCCC)COP(=O)(O)OC1C(O)C(O)C(O)C(O)C1O. The summed E-state index contributed by atoms with van der Waals surface area (Å²) in [6.07, 6.45) is 47.2. The van der Waals surface area contributed by atoms with E-state index >= 15 is 0 Å². The van der Waals surface area contributed by atoms with Crippen LogP contribution in [0.15, 0.2) is 48.6 Å². The lowest BCUT2D eigenvalue weighted by molar-refractivity contribution is -0.220. The number of phosphoric ester groups is 1. The minimum absolute atomic E-state index is 0.0923. The molecule has 1 saturated carbocycles. The lowest BCUT2D eigenvalue weighted by atomic mass is 9.85. The minimum Gasteiger partial charge on any atom is -0.462 e. The molecule has 0 aromatic carbocycles. The van der Waals surface area contributed by atoms with Crippen molar-refractivity contribution in [2.45, 2.75) is 301 Å². The summed E-state index contributed by atoms with van der Waals surface area (Å²) in [6.45, 7) is 3.24. The van der Waals surface area contributed by atoms with Gasteiger partial charge < -0.3 is 39.9 Å². The summed E-state index contributed by atoms with van der Waals surface area (Å²) in [7, 11) is -5.13. The lowest BCUT2D eigenvalue weighted by Crippen LogP contribution is -2.64. The average Bonchev–Trinajstić information content (AvgIpc) is 3.37. The Kier molecular flexibility index (Phi) is 45.4. The summed E-state index contributed by atoms with van der Waals surface area (Å²) >= 11 is 0. The fourth-order valence-electron chi connectivity index (χ4n) is 9.05. The van der Waals surface area contributed by atoms with Gasteiger partial charge in [0, 0.05) is 12.8 Å². The van der Waals surface area contributed by atoms with Crippen LogP contribution in [0.1, 0.15) is 258 Å². The average molecular weight is 1060 g/mol. The minimum atomic E-state index is -5.13. The highest BCUT2D eigenvalue weighted by atomic mass is 31.2. The van der Waals surface area contributed by atoms with Crippen LogP contribution in [0.4, 0.5) is 0 Å². The van der Waals surface area contributed by atoms with Crippen molar-refractivity contribution in [3.05, 3.63) is 48.6 Å². The molecule has 0 aliphatic heterocycles. The predicted octanol–water partition coefficient (Wildman–Crippen LogP) is 13.9. The molecule has 73 heavy (non-hydrogen) atoms. The maximum atomic E-state index is 12.9. The van der Waals surface area contributed by atoms with Gasteiger partial charge in [0.2, 0.25) is 0 Å². The van der Waals surface area contributed by atoms with E-state index in [1.165, 1.54) is 141 Å². The van der Waals surface area contributed by atoms with E-state index < -0.39 is 75.7 Å². The largest absolute Gasteiger partial charge is 0.472 e. The van der Waals surface area contributed by atoms with Gasteiger partial charge in [0.15, 0.2) is 6.10 Å². The number of unbranched alkanes of at least 4 members (excludes halogenated alkanes) is 30. The Morgan fingerprint density at radius 1 is 0.438 bits per heavy atom. The highest BCUT2D eigenvalue weighted by Gasteiger charge is 2.51. The summed E-state index contributed by atoms with van der Waals surface area (Å²) < 4.78 is 33.8. The number of esters is 2. The van der Waals surface area contributed by atoms with Crippen molar-refractivity contribution in [2.24, 2.45) is 0 Å². The van der Waals surface area contributed by atoms with Crippen LogP contribution in [-0.4, -0.2) is 98.3 Å². The first kappa shape index (κ1) is 68.8. The molecule has 0 aromatic heterocycles. The van der Waals surface area contributed by atoms with E-state index in [0.29, 0.717) is 12.8 Å². The fourth-order valence-corrected chi connectivity index (χ4v) is 10.0. The molecular weight excluding hydrogens is 948 g/mol. The number of ether oxygens (including phenoxy) is 2. The van der Waals surface area contributed by atoms with E-state index in [-0.39, 0.29) is 12.8 Å². The first-order valence-corrected chi connectivity index (χ1v) is 30.9. The zero-order chi connectivity index (χ0) is 53.5. The van der Waals surface area contributed by atoms with Gasteiger partial charge >= 0.3 is 19.8 Å². The highest BCUT2D eigenvalue weighted by Crippen LogP contribution is 2.47. The molecule has 426 valence electrons. The van der Waals surface area contributed by atoms with Crippen molar-refractivity contribution in [3.8, 4) is 0 Å². The topological polar surface area (TPSA) is 210 Å². The van der Waals surface area contributed by atoms with Crippen LogP contribution in [-0.2, 0) is 32.7 Å². The van der Waals surface area contributed by atoms with Crippen molar-refractivity contribution in [1.82, 2.24) is 0 Å². The van der Waals surface area contributed by atoms with Crippen molar-refractivity contribution in [2.75, 3.05) is 13.2 Å². The Labute approximate surface area is 443 Å². The number of rotatable bonds is 50. The van der Waals surface area contributed by atoms with Gasteiger partial charge in [-0.05, 0) is 51.4 Å². The second-order valence-electron chi connectivity index (χ2n) is 20.5. The van der Waals surface area contributed by atoms with Gasteiger partial charge in [-0.2, -0.15) is 0 Å². The number of hydrogen-bond donors (Lipinski definition) is 6. The molecule has 1 fully saturated rings. The molecule has 0 bridgehead atoms. The molecule has 0 radical (unpaired) electrons. The Hall–Kier alpha value is -2.19. The van der Waals surface area contributed by atoms with Crippen LogP contribution in [0.25, 0.3) is 0 Å². The molecule has 0 aromatic rings. The van der Waals surface area contributed by atoms with Gasteiger partial charge in [0.05, 0.1) is 6.61 Å². The number of allylic oxidation sites excluding steroid dienone is 8. The lowest BCUT2D eigenvalue weighted by Gasteiger charge is -2.41. The zero-order valence-electron chi connectivity index (χ0n) is 45.9. The van der Waals surface area contributed by atoms with Gasteiger partial charge in [0.1, 0.15) is 43.2 Å². The monoisotopic (exact) mass is 1050 g/mol. The maximum Gasteiger partial charge on any atom is 0.472 e. The third-order valence-corrected chi connectivity index (χ3v) is 14.7. The Bertz CT molecular complexity index is 1450.